The summed E-state index contributed by atoms with van der Waals surface area (Å²) in [6, 6.07) is 9.64. The van der Waals surface area contributed by atoms with E-state index in [0.717, 1.165) is 5.69 Å². The van der Waals surface area contributed by atoms with Crippen LogP contribution >= 0.6 is 0 Å². The molecule has 0 unspecified atom stereocenters. The summed E-state index contributed by atoms with van der Waals surface area (Å²) in [5, 5.41) is 2.27. The van der Waals surface area contributed by atoms with E-state index in [4.69, 9.17) is 0 Å². The maximum absolute atomic E-state index is 11.8. The molecule has 0 heterocycles. The van der Waals surface area contributed by atoms with Crippen molar-refractivity contribution < 1.29 is 22.7 Å². The normalized spacial score (nSPS) is 11.0. The second-order valence-electron chi connectivity index (χ2n) is 4.23. The van der Waals surface area contributed by atoms with Gasteiger partial charge in [0.15, 0.2) is 6.61 Å². The topological polar surface area (TPSA) is 41.6 Å². The van der Waals surface area contributed by atoms with Gasteiger partial charge >= 0.3 is 12.3 Å². The lowest BCUT2D eigenvalue weighted by atomic mass is 10.3. The number of alkyl halides is 3. The van der Waals surface area contributed by atoms with E-state index in [1.165, 1.54) is 0 Å². The molecule has 112 valence electrons. The molecule has 1 amide bonds. The highest BCUT2D eigenvalue weighted by Gasteiger charge is 2.29. The molecule has 0 aliphatic carbocycles. The van der Waals surface area contributed by atoms with Crippen molar-refractivity contribution in [2.45, 2.75) is 12.6 Å². The Balaban J connectivity index is 2.14. The third-order valence-corrected chi connectivity index (χ3v) is 2.50. The monoisotopic (exact) mass is 290 g/mol. The first-order chi connectivity index (χ1) is 9.38. The van der Waals surface area contributed by atoms with Gasteiger partial charge in [0.05, 0.1) is 0 Å². The van der Waals surface area contributed by atoms with Crippen molar-refractivity contribution in [3.05, 3.63) is 30.3 Å². The summed E-state index contributed by atoms with van der Waals surface area (Å²) in [4.78, 5) is 12.9. The molecule has 0 saturated heterocycles. The van der Waals surface area contributed by atoms with Crippen LogP contribution in [0.1, 0.15) is 6.42 Å². The Morgan fingerprint density at radius 1 is 1.30 bits per heavy atom. The highest BCUT2D eigenvalue weighted by Crippen LogP contribution is 2.14. The lowest BCUT2D eigenvalue weighted by molar-refractivity contribution is -0.160. The molecule has 0 atom stereocenters. The van der Waals surface area contributed by atoms with Gasteiger partial charge in [-0.25, -0.2) is 4.79 Å². The van der Waals surface area contributed by atoms with Gasteiger partial charge in [0, 0.05) is 25.8 Å². The lowest BCUT2D eigenvalue weighted by Gasteiger charge is -2.19. The van der Waals surface area contributed by atoms with Crippen molar-refractivity contribution in [3.63, 3.8) is 0 Å². The highest BCUT2D eigenvalue weighted by atomic mass is 19.4. The van der Waals surface area contributed by atoms with Crippen molar-refractivity contribution >= 4 is 11.8 Å². The zero-order chi connectivity index (χ0) is 15.0. The van der Waals surface area contributed by atoms with Crippen LogP contribution in [0.2, 0.25) is 0 Å². The Labute approximate surface area is 115 Å². The van der Waals surface area contributed by atoms with Gasteiger partial charge in [-0.2, -0.15) is 13.2 Å². The molecule has 0 aliphatic rings. The zero-order valence-electron chi connectivity index (χ0n) is 11.1. The molecule has 0 spiro atoms. The van der Waals surface area contributed by atoms with Gasteiger partial charge < -0.3 is 15.0 Å². The predicted molar refractivity (Wildman–Crippen MR) is 69.7 cm³/mol. The smallest absolute Gasteiger partial charge is 0.422 e. The molecule has 0 fully saturated rings. The Hall–Kier alpha value is -1.92. The molecule has 0 aromatic heterocycles. The number of ether oxygens (including phenoxy) is 1. The SMILES string of the molecule is CN(CCCNC(=O)OCC(F)(F)F)c1ccccc1. The molecule has 0 radical (unpaired) electrons. The Morgan fingerprint density at radius 2 is 1.95 bits per heavy atom. The molecular weight excluding hydrogens is 273 g/mol. The summed E-state index contributed by atoms with van der Waals surface area (Å²) >= 11 is 0. The molecule has 1 N–H and O–H groups in total. The van der Waals surface area contributed by atoms with E-state index < -0.39 is 18.9 Å². The minimum absolute atomic E-state index is 0.258. The number of rotatable bonds is 6. The first-order valence-electron chi connectivity index (χ1n) is 6.12. The summed E-state index contributed by atoms with van der Waals surface area (Å²) in [5.41, 5.74) is 1.03. The van der Waals surface area contributed by atoms with Crippen molar-refractivity contribution in [3.8, 4) is 0 Å². The van der Waals surface area contributed by atoms with Crippen LogP contribution in [0.4, 0.5) is 23.7 Å². The number of para-hydroxylation sites is 1. The van der Waals surface area contributed by atoms with Gasteiger partial charge in [-0.05, 0) is 18.6 Å². The summed E-state index contributed by atoms with van der Waals surface area (Å²) in [5.74, 6) is 0. The number of nitrogens with zero attached hydrogens (tertiary/aromatic N) is 1. The van der Waals surface area contributed by atoms with Crippen molar-refractivity contribution in [1.82, 2.24) is 5.32 Å². The Bertz CT molecular complexity index is 410. The zero-order valence-corrected chi connectivity index (χ0v) is 11.1. The standard InChI is InChI=1S/C13H17F3N2O2/c1-18(11-6-3-2-4-7-11)9-5-8-17-12(19)20-10-13(14,15)16/h2-4,6-7H,5,8-10H2,1H3,(H,17,19). The van der Waals surface area contributed by atoms with Crippen molar-refractivity contribution in [2.24, 2.45) is 0 Å². The molecule has 1 aromatic carbocycles. The molecule has 4 nitrogen and oxygen atoms in total. The quantitative estimate of drug-likeness (QED) is 0.819. The number of halogens is 3. The Morgan fingerprint density at radius 3 is 2.55 bits per heavy atom. The molecule has 7 heteroatoms. The third-order valence-electron chi connectivity index (χ3n) is 2.50. The van der Waals surface area contributed by atoms with E-state index in [9.17, 15) is 18.0 Å². The van der Waals surface area contributed by atoms with Crippen LogP contribution in [0.15, 0.2) is 30.3 Å². The van der Waals surface area contributed by atoms with E-state index in [1.807, 2.05) is 42.3 Å². The van der Waals surface area contributed by atoms with E-state index in [0.29, 0.717) is 13.0 Å². The maximum atomic E-state index is 11.8. The number of benzene rings is 1. The first-order valence-corrected chi connectivity index (χ1v) is 6.12. The third kappa shape index (κ3) is 6.86. The average Bonchev–Trinajstić information content (AvgIpc) is 2.41. The highest BCUT2D eigenvalue weighted by molar-refractivity contribution is 5.67. The van der Waals surface area contributed by atoms with Crippen LogP contribution in [-0.2, 0) is 4.74 Å². The number of amides is 1. The molecular formula is C13H17F3N2O2. The van der Waals surface area contributed by atoms with Crippen molar-refractivity contribution in [2.75, 3.05) is 31.6 Å². The predicted octanol–water partition coefficient (Wildman–Crippen LogP) is 2.80. The number of carbonyl (C=O) groups is 1. The van der Waals surface area contributed by atoms with Gasteiger partial charge in [-0.15, -0.1) is 0 Å². The fourth-order valence-corrected chi connectivity index (χ4v) is 1.52. The number of alkyl carbamates (subject to hydrolysis) is 1. The number of hydrogen-bond donors (Lipinski definition) is 1. The second-order valence-corrected chi connectivity index (χ2v) is 4.23. The average molecular weight is 290 g/mol. The largest absolute Gasteiger partial charge is 0.440 e. The maximum Gasteiger partial charge on any atom is 0.422 e. The van der Waals surface area contributed by atoms with Crippen LogP contribution in [-0.4, -0.2) is 39.0 Å². The minimum Gasteiger partial charge on any atom is -0.440 e. The van der Waals surface area contributed by atoms with E-state index >= 15 is 0 Å². The summed E-state index contributed by atoms with van der Waals surface area (Å²) in [6.07, 6.45) is -4.94. The number of nitrogens with one attached hydrogen (secondary N) is 1. The minimum atomic E-state index is -4.50. The van der Waals surface area contributed by atoms with Crippen LogP contribution in [0, 0.1) is 0 Å². The van der Waals surface area contributed by atoms with Gasteiger partial charge in [0.25, 0.3) is 0 Å². The van der Waals surface area contributed by atoms with E-state index in [-0.39, 0.29) is 6.54 Å². The van der Waals surface area contributed by atoms with Crippen LogP contribution in [0.5, 0.6) is 0 Å². The number of carbonyl (C=O) groups excluding carboxylic acids is 1. The molecule has 20 heavy (non-hydrogen) atoms. The second kappa shape index (κ2) is 7.62. The van der Waals surface area contributed by atoms with Crippen LogP contribution in [0.3, 0.4) is 0 Å². The molecule has 1 rings (SSSR count). The number of anilines is 1. The van der Waals surface area contributed by atoms with E-state index in [1.54, 1.807) is 0 Å². The number of hydrogen-bond acceptors (Lipinski definition) is 3. The molecule has 1 aromatic rings. The van der Waals surface area contributed by atoms with Gasteiger partial charge in [0.2, 0.25) is 0 Å². The van der Waals surface area contributed by atoms with E-state index in [2.05, 4.69) is 10.1 Å². The Kier molecular flexibility index (Phi) is 6.14. The van der Waals surface area contributed by atoms with Crippen LogP contribution in [0.25, 0.3) is 0 Å². The molecule has 0 aliphatic heterocycles. The summed E-state index contributed by atoms with van der Waals surface area (Å²) in [6.45, 7) is -0.639. The molecule has 0 saturated carbocycles. The van der Waals surface area contributed by atoms with Crippen LogP contribution < -0.4 is 10.2 Å². The van der Waals surface area contributed by atoms with Gasteiger partial charge in [-0.1, -0.05) is 18.2 Å². The molecule has 0 bridgehead atoms. The lowest BCUT2D eigenvalue weighted by Crippen LogP contribution is -2.31. The summed E-state index contributed by atoms with van der Waals surface area (Å²) < 4.78 is 39.4. The van der Waals surface area contributed by atoms with Gasteiger partial charge in [-0.3, -0.25) is 0 Å². The fourth-order valence-electron chi connectivity index (χ4n) is 1.52. The first kappa shape index (κ1) is 16.1. The summed E-state index contributed by atoms with van der Waals surface area (Å²) in [7, 11) is 1.90. The van der Waals surface area contributed by atoms with Crippen molar-refractivity contribution in [1.29, 1.82) is 0 Å². The van der Waals surface area contributed by atoms with Gasteiger partial charge in [0.1, 0.15) is 0 Å². The fraction of sp³-hybridized carbons (Fsp3) is 0.462.